The molecule has 0 aliphatic rings. The molecule has 0 atom stereocenters. The zero-order valence-electron chi connectivity index (χ0n) is 10.2. The topological polar surface area (TPSA) is 61.0 Å². The second kappa shape index (κ2) is 6.27. The van der Waals surface area contributed by atoms with Crippen LogP contribution in [0.15, 0.2) is 10.9 Å². The highest BCUT2D eigenvalue weighted by Gasteiger charge is 2.04. The van der Waals surface area contributed by atoms with Crippen LogP contribution in [0.4, 0.5) is 5.82 Å². The Hall–Kier alpha value is -1.36. The summed E-state index contributed by atoms with van der Waals surface area (Å²) in [7, 11) is 3.89. The average Bonchev–Trinajstić information content (AvgIpc) is 2.28. The highest BCUT2D eigenvalue weighted by Crippen LogP contribution is 2.05. The maximum Gasteiger partial charge on any atom is 0.252 e. The first-order valence-electron chi connectivity index (χ1n) is 5.63. The summed E-state index contributed by atoms with van der Waals surface area (Å²) in [4.78, 5) is 20.5. The molecule has 0 fully saturated rings. The van der Waals surface area contributed by atoms with Gasteiger partial charge in [0.15, 0.2) is 0 Å². The molecule has 0 saturated heterocycles. The molecule has 0 bridgehead atoms. The van der Waals surface area contributed by atoms with Crippen molar-refractivity contribution < 1.29 is 0 Å². The molecule has 5 nitrogen and oxygen atoms in total. The number of rotatable bonds is 6. The Bertz CT molecular complexity index is 374. The zero-order valence-corrected chi connectivity index (χ0v) is 10.2. The molecule has 1 rings (SSSR count). The molecule has 1 heterocycles. The van der Waals surface area contributed by atoms with Crippen LogP contribution >= 0.6 is 0 Å². The van der Waals surface area contributed by atoms with E-state index in [1.165, 1.54) is 0 Å². The molecule has 16 heavy (non-hydrogen) atoms. The van der Waals surface area contributed by atoms with Crippen LogP contribution in [0.3, 0.4) is 0 Å². The lowest BCUT2D eigenvalue weighted by Crippen LogP contribution is -2.25. The SMILES string of the molecule is CCc1nc(N(C)CCCNC)cc(=O)[nH]1. The van der Waals surface area contributed by atoms with Crippen LogP contribution in [0.2, 0.25) is 0 Å². The highest BCUT2D eigenvalue weighted by atomic mass is 16.1. The molecule has 0 spiro atoms. The zero-order chi connectivity index (χ0) is 12.0. The molecule has 1 aromatic rings. The van der Waals surface area contributed by atoms with Gasteiger partial charge in [0.25, 0.3) is 5.56 Å². The third-order valence-corrected chi connectivity index (χ3v) is 2.42. The number of nitrogens with one attached hydrogen (secondary N) is 2. The molecular weight excluding hydrogens is 204 g/mol. The monoisotopic (exact) mass is 224 g/mol. The van der Waals surface area contributed by atoms with Gasteiger partial charge in [0.2, 0.25) is 0 Å². The van der Waals surface area contributed by atoms with Gasteiger partial charge >= 0.3 is 0 Å². The summed E-state index contributed by atoms with van der Waals surface area (Å²) in [5.74, 6) is 1.49. The van der Waals surface area contributed by atoms with E-state index in [0.717, 1.165) is 37.6 Å². The minimum Gasteiger partial charge on any atom is -0.359 e. The van der Waals surface area contributed by atoms with Gasteiger partial charge in [-0.3, -0.25) is 4.79 Å². The molecule has 5 heteroatoms. The molecule has 0 amide bonds. The van der Waals surface area contributed by atoms with Gasteiger partial charge in [0, 0.05) is 26.1 Å². The lowest BCUT2D eigenvalue weighted by Gasteiger charge is -2.18. The van der Waals surface area contributed by atoms with E-state index in [-0.39, 0.29) is 5.56 Å². The van der Waals surface area contributed by atoms with E-state index in [2.05, 4.69) is 15.3 Å². The quantitative estimate of drug-likeness (QED) is 0.686. The molecule has 2 N–H and O–H groups in total. The third-order valence-electron chi connectivity index (χ3n) is 2.42. The smallest absolute Gasteiger partial charge is 0.252 e. The molecule has 0 aliphatic heterocycles. The van der Waals surface area contributed by atoms with Crippen molar-refractivity contribution in [3.05, 3.63) is 22.2 Å². The van der Waals surface area contributed by atoms with E-state index in [1.54, 1.807) is 6.07 Å². The van der Waals surface area contributed by atoms with Gasteiger partial charge in [0.05, 0.1) is 0 Å². The summed E-state index contributed by atoms with van der Waals surface area (Å²) >= 11 is 0. The van der Waals surface area contributed by atoms with Gasteiger partial charge in [-0.2, -0.15) is 0 Å². The van der Waals surface area contributed by atoms with Crippen LogP contribution < -0.4 is 15.8 Å². The number of nitrogens with zero attached hydrogens (tertiary/aromatic N) is 2. The lowest BCUT2D eigenvalue weighted by atomic mass is 10.3. The summed E-state index contributed by atoms with van der Waals surface area (Å²) in [6.07, 6.45) is 1.77. The maximum absolute atomic E-state index is 11.4. The van der Waals surface area contributed by atoms with Crippen LogP contribution in [0, 0.1) is 0 Å². The number of H-pyrrole nitrogens is 1. The summed E-state index contributed by atoms with van der Waals surface area (Å²) < 4.78 is 0. The number of aromatic amines is 1. The van der Waals surface area contributed by atoms with Gasteiger partial charge < -0.3 is 15.2 Å². The number of hydrogen-bond donors (Lipinski definition) is 2. The Morgan fingerprint density at radius 2 is 2.31 bits per heavy atom. The third kappa shape index (κ3) is 3.66. The molecule has 0 unspecified atom stereocenters. The number of aromatic nitrogens is 2. The number of hydrogen-bond acceptors (Lipinski definition) is 4. The summed E-state index contributed by atoms with van der Waals surface area (Å²) in [5, 5.41) is 3.09. The van der Waals surface area contributed by atoms with E-state index in [9.17, 15) is 4.79 Å². The van der Waals surface area contributed by atoms with Crippen molar-refractivity contribution in [2.45, 2.75) is 19.8 Å². The van der Waals surface area contributed by atoms with Gasteiger partial charge in [0.1, 0.15) is 11.6 Å². The first kappa shape index (κ1) is 12.7. The fourth-order valence-corrected chi connectivity index (χ4v) is 1.46. The first-order valence-corrected chi connectivity index (χ1v) is 5.63. The molecule has 0 aromatic carbocycles. The van der Waals surface area contributed by atoms with Gasteiger partial charge in [-0.25, -0.2) is 4.98 Å². The molecule has 90 valence electrons. The summed E-state index contributed by atoms with van der Waals surface area (Å²) in [6.45, 7) is 3.83. The average molecular weight is 224 g/mol. The summed E-state index contributed by atoms with van der Waals surface area (Å²) in [6, 6.07) is 1.54. The summed E-state index contributed by atoms with van der Waals surface area (Å²) in [5.41, 5.74) is -0.0812. The molecule has 0 aliphatic carbocycles. The molecule has 0 radical (unpaired) electrons. The highest BCUT2D eigenvalue weighted by molar-refractivity contribution is 5.36. The Morgan fingerprint density at radius 1 is 1.56 bits per heavy atom. The number of aryl methyl sites for hydroxylation is 1. The van der Waals surface area contributed by atoms with E-state index in [0.29, 0.717) is 0 Å². The molecular formula is C11H20N4O. The Kier molecular flexibility index (Phi) is 4.98. The fraction of sp³-hybridized carbons (Fsp3) is 0.636. The van der Waals surface area contributed by atoms with E-state index in [4.69, 9.17) is 0 Å². The Labute approximate surface area is 95.9 Å². The van der Waals surface area contributed by atoms with Crippen molar-refractivity contribution in [3.8, 4) is 0 Å². The van der Waals surface area contributed by atoms with Crippen molar-refractivity contribution in [1.29, 1.82) is 0 Å². The van der Waals surface area contributed by atoms with E-state index < -0.39 is 0 Å². The lowest BCUT2D eigenvalue weighted by molar-refractivity contribution is 0.706. The van der Waals surface area contributed by atoms with Gasteiger partial charge in [-0.15, -0.1) is 0 Å². The molecule has 1 aromatic heterocycles. The van der Waals surface area contributed by atoms with Crippen molar-refractivity contribution in [2.75, 3.05) is 32.1 Å². The minimum atomic E-state index is -0.0812. The van der Waals surface area contributed by atoms with E-state index >= 15 is 0 Å². The maximum atomic E-state index is 11.4. The van der Waals surface area contributed by atoms with Crippen molar-refractivity contribution in [2.24, 2.45) is 0 Å². The second-order valence-electron chi connectivity index (χ2n) is 3.78. The Morgan fingerprint density at radius 3 is 2.94 bits per heavy atom. The van der Waals surface area contributed by atoms with Crippen molar-refractivity contribution in [1.82, 2.24) is 15.3 Å². The minimum absolute atomic E-state index is 0.0812. The van der Waals surface area contributed by atoms with Gasteiger partial charge in [-0.05, 0) is 20.0 Å². The van der Waals surface area contributed by atoms with Crippen molar-refractivity contribution >= 4 is 5.82 Å². The van der Waals surface area contributed by atoms with E-state index in [1.807, 2.05) is 25.9 Å². The van der Waals surface area contributed by atoms with Crippen LogP contribution in [0.25, 0.3) is 0 Å². The molecule has 0 saturated carbocycles. The standard InChI is InChI=1S/C11H20N4O/c1-4-9-13-10(8-11(16)14-9)15(3)7-5-6-12-2/h8,12H,4-7H2,1-3H3,(H,13,14,16). The van der Waals surface area contributed by atoms with Crippen LogP contribution in [0.1, 0.15) is 19.2 Å². The van der Waals surface area contributed by atoms with Gasteiger partial charge in [-0.1, -0.05) is 6.92 Å². The second-order valence-corrected chi connectivity index (χ2v) is 3.78. The van der Waals surface area contributed by atoms with Crippen LogP contribution in [0.5, 0.6) is 0 Å². The van der Waals surface area contributed by atoms with Crippen LogP contribution in [-0.2, 0) is 6.42 Å². The number of anilines is 1. The Balaban J connectivity index is 2.70. The fourth-order valence-electron chi connectivity index (χ4n) is 1.46. The predicted molar refractivity (Wildman–Crippen MR) is 66.0 cm³/mol. The van der Waals surface area contributed by atoms with Crippen LogP contribution in [-0.4, -0.2) is 37.2 Å². The van der Waals surface area contributed by atoms with Crippen molar-refractivity contribution in [3.63, 3.8) is 0 Å². The first-order chi connectivity index (χ1) is 7.67. The predicted octanol–water partition coefficient (Wildman–Crippen LogP) is 0.378. The largest absolute Gasteiger partial charge is 0.359 e. The normalized spacial score (nSPS) is 10.4.